The molecular weight excluding hydrogens is 248 g/mol. The van der Waals surface area contributed by atoms with Crippen LogP contribution in [0.3, 0.4) is 0 Å². The van der Waals surface area contributed by atoms with Gasteiger partial charge < -0.3 is 13.9 Å². The van der Waals surface area contributed by atoms with Gasteiger partial charge in [-0.15, -0.1) is 0 Å². The summed E-state index contributed by atoms with van der Waals surface area (Å²) in [4.78, 5) is 23.5. The Bertz CT molecular complexity index is 544. The Morgan fingerprint density at radius 1 is 1.11 bits per heavy atom. The Kier molecular flexibility index (Phi) is 3.97. The van der Waals surface area contributed by atoms with E-state index in [1.54, 1.807) is 42.5 Å². The fraction of sp³-hybridized carbons (Fsp3) is 0.143. The zero-order valence-corrected chi connectivity index (χ0v) is 10.2. The van der Waals surface area contributed by atoms with Crippen LogP contribution in [0.1, 0.15) is 22.2 Å². The molecule has 0 saturated carbocycles. The van der Waals surface area contributed by atoms with Crippen LogP contribution in [-0.4, -0.2) is 19.0 Å². The minimum Gasteiger partial charge on any atom is -0.466 e. The summed E-state index contributed by atoms with van der Waals surface area (Å²) in [6.45, 7) is 0. The quantitative estimate of drug-likeness (QED) is 0.789. The average Bonchev–Trinajstić information content (AvgIpc) is 2.98. The van der Waals surface area contributed by atoms with Gasteiger partial charge in [0.1, 0.15) is 0 Å². The van der Waals surface area contributed by atoms with Gasteiger partial charge in [-0.25, -0.2) is 9.59 Å². The fourth-order valence-corrected chi connectivity index (χ4v) is 1.52. The molecule has 0 aliphatic carbocycles. The van der Waals surface area contributed by atoms with Gasteiger partial charge in [-0.2, -0.15) is 0 Å². The summed E-state index contributed by atoms with van der Waals surface area (Å²) >= 11 is 0. The highest BCUT2D eigenvalue weighted by Gasteiger charge is 2.28. The molecular formula is C14H12O5. The number of carbonyl (C=O) groups excluding carboxylic acids is 2. The largest absolute Gasteiger partial charge is 0.466 e. The molecule has 2 aromatic rings. The molecule has 0 N–H and O–H groups in total. The molecule has 5 nitrogen and oxygen atoms in total. The number of hydrogen-bond acceptors (Lipinski definition) is 5. The minimum absolute atomic E-state index is 0.219. The third-order valence-electron chi connectivity index (χ3n) is 2.45. The van der Waals surface area contributed by atoms with Crippen molar-refractivity contribution in [3.63, 3.8) is 0 Å². The Balaban J connectivity index is 2.18. The number of benzene rings is 1. The van der Waals surface area contributed by atoms with E-state index < -0.39 is 18.0 Å². The maximum atomic E-state index is 11.9. The number of furan rings is 1. The van der Waals surface area contributed by atoms with Gasteiger partial charge in [0.05, 0.1) is 18.9 Å². The van der Waals surface area contributed by atoms with Gasteiger partial charge >= 0.3 is 11.9 Å². The summed E-state index contributed by atoms with van der Waals surface area (Å²) in [5, 5.41) is 0. The van der Waals surface area contributed by atoms with Crippen LogP contribution >= 0.6 is 0 Å². The van der Waals surface area contributed by atoms with E-state index in [0.717, 1.165) is 0 Å². The second-order valence-electron chi connectivity index (χ2n) is 3.69. The SMILES string of the molecule is COC(=O)C(OC(=O)c1ccccc1)c1ccco1. The number of methoxy groups -OCH3 is 1. The van der Waals surface area contributed by atoms with Gasteiger partial charge in [0.15, 0.2) is 5.76 Å². The van der Waals surface area contributed by atoms with Gasteiger partial charge in [-0.05, 0) is 24.3 Å². The predicted molar refractivity (Wildman–Crippen MR) is 65.3 cm³/mol. The van der Waals surface area contributed by atoms with Crippen LogP contribution in [-0.2, 0) is 14.3 Å². The van der Waals surface area contributed by atoms with E-state index in [0.29, 0.717) is 5.56 Å². The lowest BCUT2D eigenvalue weighted by molar-refractivity contribution is -0.152. The first-order valence-corrected chi connectivity index (χ1v) is 5.59. The van der Waals surface area contributed by atoms with Crippen molar-refractivity contribution in [3.8, 4) is 0 Å². The molecule has 0 amide bonds. The molecule has 0 spiro atoms. The molecule has 1 aromatic heterocycles. The van der Waals surface area contributed by atoms with Gasteiger partial charge in [0.25, 0.3) is 6.10 Å². The molecule has 1 heterocycles. The van der Waals surface area contributed by atoms with Crippen LogP contribution in [0.15, 0.2) is 53.1 Å². The number of rotatable bonds is 4. The molecule has 0 bridgehead atoms. The third-order valence-corrected chi connectivity index (χ3v) is 2.45. The molecule has 0 radical (unpaired) electrons. The number of ether oxygens (including phenoxy) is 2. The molecule has 0 aliphatic rings. The van der Waals surface area contributed by atoms with Crippen LogP contribution < -0.4 is 0 Å². The fourth-order valence-electron chi connectivity index (χ4n) is 1.52. The monoisotopic (exact) mass is 260 g/mol. The standard InChI is InChI=1S/C14H12O5/c1-17-14(16)12(11-8-5-9-18-11)19-13(15)10-6-3-2-4-7-10/h2-9,12H,1H3. The van der Waals surface area contributed by atoms with E-state index >= 15 is 0 Å². The van der Waals surface area contributed by atoms with Crippen molar-refractivity contribution in [2.45, 2.75) is 6.10 Å². The van der Waals surface area contributed by atoms with Gasteiger partial charge in [-0.1, -0.05) is 18.2 Å². The Morgan fingerprint density at radius 3 is 2.42 bits per heavy atom. The van der Waals surface area contributed by atoms with Crippen molar-refractivity contribution in [2.75, 3.05) is 7.11 Å². The van der Waals surface area contributed by atoms with Crippen LogP contribution in [0.5, 0.6) is 0 Å². The Morgan fingerprint density at radius 2 is 1.84 bits per heavy atom. The molecule has 1 atom stereocenters. The highest BCUT2D eigenvalue weighted by molar-refractivity contribution is 5.91. The zero-order valence-electron chi connectivity index (χ0n) is 10.2. The van der Waals surface area contributed by atoms with Gasteiger partial charge in [0.2, 0.25) is 0 Å². The molecule has 0 aliphatic heterocycles. The lowest BCUT2D eigenvalue weighted by atomic mass is 10.2. The van der Waals surface area contributed by atoms with E-state index in [1.165, 1.54) is 13.4 Å². The second kappa shape index (κ2) is 5.86. The third kappa shape index (κ3) is 3.01. The normalized spacial score (nSPS) is 11.6. The maximum absolute atomic E-state index is 11.9. The van der Waals surface area contributed by atoms with Gasteiger partial charge in [0, 0.05) is 0 Å². The number of esters is 2. The molecule has 2 rings (SSSR count). The van der Waals surface area contributed by atoms with Crippen molar-refractivity contribution >= 4 is 11.9 Å². The van der Waals surface area contributed by atoms with E-state index in [4.69, 9.17) is 9.15 Å². The Hall–Kier alpha value is -2.56. The summed E-state index contributed by atoms with van der Waals surface area (Å²) < 4.78 is 14.8. The zero-order chi connectivity index (χ0) is 13.7. The van der Waals surface area contributed by atoms with E-state index in [9.17, 15) is 9.59 Å². The summed E-state index contributed by atoms with van der Waals surface area (Å²) in [5.74, 6) is -1.09. The van der Waals surface area contributed by atoms with Crippen molar-refractivity contribution in [1.82, 2.24) is 0 Å². The lowest BCUT2D eigenvalue weighted by Crippen LogP contribution is -2.20. The first kappa shape index (κ1) is 12.9. The second-order valence-corrected chi connectivity index (χ2v) is 3.69. The molecule has 0 fully saturated rings. The van der Waals surface area contributed by atoms with Crippen LogP contribution in [0.2, 0.25) is 0 Å². The summed E-state index contributed by atoms with van der Waals surface area (Å²) in [5.41, 5.74) is 0.350. The summed E-state index contributed by atoms with van der Waals surface area (Å²) in [7, 11) is 1.22. The van der Waals surface area contributed by atoms with Crippen molar-refractivity contribution in [1.29, 1.82) is 0 Å². The minimum atomic E-state index is -1.20. The highest BCUT2D eigenvalue weighted by Crippen LogP contribution is 2.21. The van der Waals surface area contributed by atoms with Crippen molar-refractivity contribution in [3.05, 3.63) is 60.1 Å². The van der Waals surface area contributed by atoms with E-state index in [2.05, 4.69) is 4.74 Å². The molecule has 19 heavy (non-hydrogen) atoms. The summed E-state index contributed by atoms with van der Waals surface area (Å²) in [6.07, 6.45) is 0.189. The predicted octanol–water partition coefficient (Wildman–Crippen LogP) is 2.35. The number of hydrogen-bond donors (Lipinski definition) is 0. The van der Waals surface area contributed by atoms with Crippen LogP contribution in [0.4, 0.5) is 0 Å². The van der Waals surface area contributed by atoms with Crippen molar-refractivity contribution < 1.29 is 23.5 Å². The van der Waals surface area contributed by atoms with E-state index in [1.807, 2.05) is 0 Å². The summed E-state index contributed by atoms with van der Waals surface area (Å²) in [6, 6.07) is 11.5. The van der Waals surface area contributed by atoms with Crippen LogP contribution in [0.25, 0.3) is 0 Å². The molecule has 1 aromatic carbocycles. The molecule has 5 heteroatoms. The first-order chi connectivity index (χ1) is 9.22. The van der Waals surface area contributed by atoms with Crippen molar-refractivity contribution in [2.24, 2.45) is 0 Å². The Labute approximate surface area is 109 Å². The molecule has 98 valence electrons. The van der Waals surface area contributed by atoms with E-state index in [-0.39, 0.29) is 5.76 Å². The topological polar surface area (TPSA) is 65.7 Å². The maximum Gasteiger partial charge on any atom is 0.355 e. The molecule has 1 unspecified atom stereocenters. The number of carbonyl (C=O) groups is 2. The average molecular weight is 260 g/mol. The smallest absolute Gasteiger partial charge is 0.355 e. The first-order valence-electron chi connectivity index (χ1n) is 5.59. The molecule has 0 saturated heterocycles. The lowest BCUT2D eigenvalue weighted by Gasteiger charge is -2.13. The van der Waals surface area contributed by atoms with Crippen LogP contribution in [0, 0.1) is 0 Å². The van der Waals surface area contributed by atoms with Gasteiger partial charge in [-0.3, -0.25) is 0 Å². The highest BCUT2D eigenvalue weighted by atomic mass is 16.6.